The van der Waals surface area contributed by atoms with Crippen LogP contribution in [0.1, 0.15) is 50.4 Å². The van der Waals surface area contributed by atoms with Crippen LogP contribution < -0.4 is 21.1 Å². The van der Waals surface area contributed by atoms with Gasteiger partial charge in [-0.05, 0) is 61.7 Å². The summed E-state index contributed by atoms with van der Waals surface area (Å²) in [6, 6.07) is 4.70. The maximum absolute atomic E-state index is 12.4. The van der Waals surface area contributed by atoms with Crippen LogP contribution in [0, 0.1) is 0 Å². The van der Waals surface area contributed by atoms with Crippen LogP contribution in [0.5, 0.6) is 5.75 Å². The van der Waals surface area contributed by atoms with Crippen molar-refractivity contribution >= 4 is 57.1 Å². The average Bonchev–Trinajstić information content (AvgIpc) is 2.82. The quantitative estimate of drug-likeness (QED) is 0.498. The lowest BCUT2D eigenvalue weighted by Crippen LogP contribution is -2.34. The Kier molecular flexibility index (Phi) is 6.53. The van der Waals surface area contributed by atoms with Crippen molar-refractivity contribution in [2.24, 2.45) is 5.73 Å². The molecule has 1 aliphatic carbocycles. The number of halogens is 1. The van der Waals surface area contributed by atoms with Gasteiger partial charge >= 0.3 is 0 Å². The van der Waals surface area contributed by atoms with Gasteiger partial charge in [-0.2, -0.15) is 0 Å². The molecule has 0 spiro atoms. The zero-order chi connectivity index (χ0) is 20.3. The summed E-state index contributed by atoms with van der Waals surface area (Å²) in [5.74, 6) is -0.427. The van der Waals surface area contributed by atoms with Crippen LogP contribution in [0.25, 0.3) is 0 Å². The minimum absolute atomic E-state index is 0.0934. The van der Waals surface area contributed by atoms with Gasteiger partial charge < -0.3 is 15.8 Å². The standard InChI is InChI=1S/C19H20ClN3O3S2/c1-26-13-8-7-10(9-12(13)20)17(25)22-19(27)23-18-15(16(21)24)11-5-3-2-4-6-14(11)28-18/h7-9H,2-6H2,1H3,(H2,21,24)(H2,22,23,25,27). The molecule has 3 rings (SSSR count). The van der Waals surface area contributed by atoms with E-state index < -0.39 is 11.8 Å². The number of thiophene rings is 1. The molecular formula is C19H20ClN3O3S2. The van der Waals surface area contributed by atoms with Gasteiger partial charge in [-0.3, -0.25) is 14.9 Å². The molecule has 0 atom stereocenters. The van der Waals surface area contributed by atoms with Crippen molar-refractivity contribution in [1.29, 1.82) is 0 Å². The Balaban J connectivity index is 1.75. The molecule has 2 aromatic rings. The third-order valence-corrected chi connectivity index (χ3v) is 6.24. The molecule has 9 heteroatoms. The predicted molar refractivity (Wildman–Crippen MR) is 116 cm³/mol. The van der Waals surface area contributed by atoms with Crippen molar-refractivity contribution in [3.8, 4) is 5.75 Å². The monoisotopic (exact) mass is 437 g/mol. The Bertz CT molecular complexity index is 943. The number of rotatable bonds is 4. The van der Waals surface area contributed by atoms with Crippen molar-refractivity contribution in [3.05, 3.63) is 44.8 Å². The number of nitrogens with one attached hydrogen (secondary N) is 2. The number of carbonyl (C=O) groups excluding carboxylic acids is 2. The van der Waals surface area contributed by atoms with Crippen LogP contribution in [-0.2, 0) is 12.8 Å². The third kappa shape index (κ3) is 4.45. The summed E-state index contributed by atoms with van der Waals surface area (Å²) in [5, 5.41) is 6.57. The number of thiocarbonyl (C=S) groups is 1. The van der Waals surface area contributed by atoms with Crippen molar-refractivity contribution in [2.45, 2.75) is 32.1 Å². The number of hydrogen-bond donors (Lipinski definition) is 3. The number of carbonyl (C=O) groups is 2. The van der Waals surface area contributed by atoms with E-state index in [0.717, 1.165) is 42.5 Å². The second-order valence-corrected chi connectivity index (χ2v) is 8.31. The fourth-order valence-corrected chi connectivity index (χ4v) is 5.02. The molecule has 148 valence electrons. The largest absolute Gasteiger partial charge is 0.495 e. The van der Waals surface area contributed by atoms with Gasteiger partial charge in [0.1, 0.15) is 10.8 Å². The molecule has 1 heterocycles. The highest BCUT2D eigenvalue weighted by atomic mass is 35.5. The maximum atomic E-state index is 12.4. The van der Waals surface area contributed by atoms with Crippen LogP contribution in [-0.4, -0.2) is 24.0 Å². The van der Waals surface area contributed by atoms with E-state index in [2.05, 4.69) is 10.6 Å². The number of anilines is 1. The Morgan fingerprint density at radius 2 is 2.00 bits per heavy atom. The first-order chi connectivity index (χ1) is 13.4. The molecule has 6 nitrogen and oxygen atoms in total. The molecule has 1 aliphatic rings. The van der Waals surface area contributed by atoms with E-state index in [-0.39, 0.29) is 5.11 Å². The third-order valence-electron chi connectivity index (χ3n) is 4.54. The predicted octanol–water partition coefficient (Wildman–Crippen LogP) is 3.90. The highest BCUT2D eigenvalue weighted by molar-refractivity contribution is 7.80. The van der Waals surface area contributed by atoms with E-state index >= 15 is 0 Å². The molecule has 0 fully saturated rings. The summed E-state index contributed by atoms with van der Waals surface area (Å²) in [4.78, 5) is 25.6. The zero-order valence-electron chi connectivity index (χ0n) is 15.3. The summed E-state index contributed by atoms with van der Waals surface area (Å²) in [6.07, 6.45) is 5.01. The van der Waals surface area contributed by atoms with Crippen LogP contribution in [0.4, 0.5) is 5.00 Å². The number of ether oxygens (including phenoxy) is 1. The second kappa shape index (κ2) is 8.89. The second-order valence-electron chi connectivity index (χ2n) is 6.39. The number of hydrogen-bond acceptors (Lipinski definition) is 5. The van der Waals surface area contributed by atoms with E-state index in [0.29, 0.717) is 26.9 Å². The summed E-state index contributed by atoms with van der Waals surface area (Å²) in [5.41, 5.74) is 7.44. The molecule has 0 aliphatic heterocycles. The topological polar surface area (TPSA) is 93.4 Å². The molecule has 4 N–H and O–H groups in total. The fraction of sp³-hybridized carbons (Fsp3) is 0.316. The van der Waals surface area contributed by atoms with Gasteiger partial charge in [0.25, 0.3) is 11.8 Å². The fourth-order valence-electron chi connectivity index (χ4n) is 3.21. The minimum Gasteiger partial charge on any atom is -0.495 e. The number of aryl methyl sites for hydroxylation is 1. The zero-order valence-corrected chi connectivity index (χ0v) is 17.7. The average molecular weight is 438 g/mol. The molecule has 0 unspecified atom stereocenters. The van der Waals surface area contributed by atoms with E-state index in [1.807, 2.05) is 0 Å². The first-order valence-corrected chi connectivity index (χ1v) is 10.4. The van der Waals surface area contributed by atoms with Crippen LogP contribution in [0.15, 0.2) is 18.2 Å². The lowest BCUT2D eigenvalue weighted by atomic mass is 10.1. The highest BCUT2D eigenvalue weighted by Crippen LogP contribution is 2.37. The van der Waals surface area contributed by atoms with Crippen molar-refractivity contribution in [2.75, 3.05) is 12.4 Å². The first kappa shape index (κ1) is 20.6. The Morgan fingerprint density at radius 1 is 1.25 bits per heavy atom. The van der Waals surface area contributed by atoms with Gasteiger partial charge in [0, 0.05) is 10.4 Å². The van der Waals surface area contributed by atoms with Gasteiger partial charge in [-0.1, -0.05) is 18.0 Å². The van der Waals surface area contributed by atoms with Crippen LogP contribution in [0.3, 0.4) is 0 Å². The molecule has 0 radical (unpaired) electrons. The van der Waals surface area contributed by atoms with Gasteiger partial charge in [0.15, 0.2) is 5.11 Å². The van der Waals surface area contributed by atoms with E-state index in [1.165, 1.54) is 24.5 Å². The number of fused-ring (bicyclic) bond motifs is 1. The van der Waals surface area contributed by atoms with Gasteiger partial charge in [0.05, 0.1) is 17.7 Å². The molecule has 2 amide bonds. The molecule has 1 aromatic carbocycles. The Morgan fingerprint density at radius 3 is 2.68 bits per heavy atom. The molecular weight excluding hydrogens is 418 g/mol. The summed E-state index contributed by atoms with van der Waals surface area (Å²) >= 11 is 12.8. The van der Waals surface area contributed by atoms with Gasteiger partial charge in [0.2, 0.25) is 0 Å². The van der Waals surface area contributed by atoms with E-state index in [9.17, 15) is 9.59 Å². The lowest BCUT2D eigenvalue weighted by Gasteiger charge is -2.11. The van der Waals surface area contributed by atoms with Crippen LogP contribution >= 0.6 is 35.2 Å². The number of amides is 2. The Hall–Kier alpha value is -2.16. The van der Waals surface area contributed by atoms with Crippen LogP contribution in [0.2, 0.25) is 5.02 Å². The minimum atomic E-state index is -0.488. The molecule has 1 aromatic heterocycles. The number of nitrogens with two attached hydrogens (primary N) is 1. The van der Waals surface area contributed by atoms with Crippen molar-refractivity contribution in [3.63, 3.8) is 0 Å². The SMILES string of the molecule is COc1ccc(C(=O)NC(=S)Nc2sc3c(c2C(N)=O)CCCCC3)cc1Cl. The van der Waals surface area contributed by atoms with Crippen molar-refractivity contribution in [1.82, 2.24) is 5.32 Å². The molecule has 0 bridgehead atoms. The lowest BCUT2D eigenvalue weighted by molar-refractivity contribution is 0.0975. The van der Waals surface area contributed by atoms with E-state index in [1.54, 1.807) is 12.1 Å². The summed E-state index contributed by atoms with van der Waals surface area (Å²) in [7, 11) is 1.50. The van der Waals surface area contributed by atoms with Gasteiger partial charge in [-0.25, -0.2) is 0 Å². The molecule has 28 heavy (non-hydrogen) atoms. The summed E-state index contributed by atoms with van der Waals surface area (Å²) < 4.78 is 5.08. The number of benzene rings is 1. The molecule has 0 saturated carbocycles. The number of methoxy groups -OCH3 is 1. The smallest absolute Gasteiger partial charge is 0.257 e. The Labute approximate surface area is 177 Å². The summed E-state index contributed by atoms with van der Waals surface area (Å²) in [6.45, 7) is 0. The van der Waals surface area contributed by atoms with Crippen molar-refractivity contribution < 1.29 is 14.3 Å². The molecule has 0 saturated heterocycles. The highest BCUT2D eigenvalue weighted by Gasteiger charge is 2.24. The van der Waals surface area contributed by atoms with Gasteiger partial charge in [-0.15, -0.1) is 11.3 Å². The number of primary amides is 1. The normalized spacial score (nSPS) is 13.2. The maximum Gasteiger partial charge on any atom is 0.257 e. The first-order valence-electron chi connectivity index (χ1n) is 8.81. The van der Waals surface area contributed by atoms with E-state index in [4.69, 9.17) is 34.3 Å².